The Bertz CT molecular complexity index is 1470. The molecule has 0 aliphatic rings. The molecule has 3 aromatic carbocycles. The van der Waals surface area contributed by atoms with Crippen molar-refractivity contribution >= 4 is 40.3 Å². The van der Waals surface area contributed by atoms with Crippen molar-refractivity contribution in [2.75, 3.05) is 7.05 Å². The fraction of sp³-hybridized carbons (Fsp3) is 0.265. The molecule has 0 radical (unpaired) electrons. The molecule has 0 spiro atoms. The molecular weight excluding hydrogens is 534 g/mol. The van der Waals surface area contributed by atoms with Crippen molar-refractivity contribution < 1.29 is 14.3 Å². The van der Waals surface area contributed by atoms with Crippen LogP contribution in [-0.2, 0) is 16.0 Å². The molecule has 0 aromatic heterocycles. The molecule has 0 unspecified atom stereocenters. The van der Waals surface area contributed by atoms with Crippen molar-refractivity contribution in [2.24, 2.45) is 16.6 Å². The summed E-state index contributed by atoms with van der Waals surface area (Å²) in [6.45, 7) is 9.29. The first-order valence-electron chi connectivity index (χ1n) is 13.5. The molecule has 1 atom stereocenters. The van der Waals surface area contributed by atoms with Crippen LogP contribution in [-0.4, -0.2) is 30.7 Å². The molecule has 0 saturated carbocycles. The van der Waals surface area contributed by atoms with E-state index in [4.69, 9.17) is 22.1 Å². The van der Waals surface area contributed by atoms with Crippen molar-refractivity contribution in [1.29, 1.82) is 0 Å². The molecule has 41 heavy (non-hydrogen) atoms. The van der Waals surface area contributed by atoms with Gasteiger partial charge in [-0.05, 0) is 67.2 Å². The third-order valence-electron chi connectivity index (χ3n) is 6.70. The Morgan fingerprint density at radius 1 is 1.02 bits per heavy atom. The Morgan fingerprint density at radius 2 is 1.68 bits per heavy atom. The zero-order valence-electron chi connectivity index (χ0n) is 24.5. The highest BCUT2D eigenvalue weighted by Gasteiger charge is 2.21. The lowest BCUT2D eigenvalue weighted by Gasteiger charge is -2.17. The minimum atomic E-state index is -0.750. The SMILES string of the molecule is CN=C(Cc1ccccc1)/C(=C(\C)NC(=O)/C=C(\C)c1ccc(C)cc1OC(=O)[C@@H](N)C(C)C)c1ccc(Cl)cc1. The number of amides is 1. The Labute approximate surface area is 248 Å². The van der Waals surface area contributed by atoms with E-state index in [2.05, 4.69) is 10.3 Å². The normalized spacial score (nSPS) is 13.5. The van der Waals surface area contributed by atoms with Gasteiger partial charge in [-0.25, -0.2) is 4.79 Å². The number of halogens is 1. The van der Waals surface area contributed by atoms with E-state index in [0.29, 0.717) is 34.0 Å². The van der Waals surface area contributed by atoms with Gasteiger partial charge in [0, 0.05) is 47.1 Å². The second kappa shape index (κ2) is 14.6. The minimum Gasteiger partial charge on any atom is -0.425 e. The van der Waals surface area contributed by atoms with Gasteiger partial charge in [0.2, 0.25) is 5.91 Å². The zero-order chi connectivity index (χ0) is 30.1. The van der Waals surface area contributed by atoms with E-state index in [1.165, 1.54) is 6.08 Å². The van der Waals surface area contributed by atoms with Gasteiger partial charge in [0.1, 0.15) is 11.8 Å². The molecule has 0 heterocycles. The third-order valence-corrected chi connectivity index (χ3v) is 6.95. The number of esters is 1. The first-order chi connectivity index (χ1) is 19.5. The lowest BCUT2D eigenvalue weighted by atomic mass is 9.94. The summed E-state index contributed by atoms with van der Waals surface area (Å²) in [4.78, 5) is 30.5. The quantitative estimate of drug-likeness (QED) is 0.121. The summed E-state index contributed by atoms with van der Waals surface area (Å²) in [5.74, 6) is -0.537. The van der Waals surface area contributed by atoms with E-state index < -0.39 is 12.0 Å². The van der Waals surface area contributed by atoms with E-state index in [1.54, 1.807) is 20.0 Å². The first-order valence-corrected chi connectivity index (χ1v) is 13.9. The van der Waals surface area contributed by atoms with Crippen LogP contribution >= 0.6 is 11.6 Å². The molecule has 0 aliphatic heterocycles. The van der Waals surface area contributed by atoms with Gasteiger partial charge in [-0.2, -0.15) is 0 Å². The number of hydrogen-bond acceptors (Lipinski definition) is 5. The van der Waals surface area contributed by atoms with Gasteiger partial charge in [-0.1, -0.05) is 80.0 Å². The van der Waals surface area contributed by atoms with E-state index in [9.17, 15) is 9.59 Å². The number of carbonyl (C=O) groups is 2. The molecule has 3 aromatic rings. The van der Waals surface area contributed by atoms with Gasteiger partial charge < -0.3 is 15.8 Å². The lowest BCUT2D eigenvalue weighted by molar-refractivity contribution is -0.136. The Morgan fingerprint density at radius 3 is 2.29 bits per heavy atom. The van der Waals surface area contributed by atoms with Gasteiger partial charge in [0.15, 0.2) is 0 Å². The summed E-state index contributed by atoms with van der Waals surface area (Å²) in [6, 6.07) is 22.3. The molecule has 6 nitrogen and oxygen atoms in total. The average Bonchev–Trinajstić information content (AvgIpc) is 2.93. The largest absolute Gasteiger partial charge is 0.425 e. The number of allylic oxidation sites excluding steroid dienone is 3. The number of ether oxygens (including phenoxy) is 1. The summed E-state index contributed by atoms with van der Waals surface area (Å²) >= 11 is 6.16. The van der Waals surface area contributed by atoms with E-state index in [-0.39, 0.29) is 11.8 Å². The zero-order valence-corrected chi connectivity index (χ0v) is 25.3. The van der Waals surface area contributed by atoms with Crippen LogP contribution < -0.4 is 15.8 Å². The highest BCUT2D eigenvalue weighted by atomic mass is 35.5. The summed E-state index contributed by atoms with van der Waals surface area (Å²) in [5, 5.41) is 3.64. The number of aryl methyl sites for hydroxylation is 1. The maximum Gasteiger partial charge on any atom is 0.328 e. The van der Waals surface area contributed by atoms with Crippen molar-refractivity contribution in [3.8, 4) is 5.75 Å². The minimum absolute atomic E-state index is 0.0683. The number of aliphatic imine (C=N–C) groups is 1. The van der Waals surface area contributed by atoms with Crippen LogP contribution in [0, 0.1) is 12.8 Å². The Hall–Kier alpha value is -4.00. The molecular formula is C34H38ClN3O3. The van der Waals surface area contributed by atoms with Crippen molar-refractivity contribution in [1.82, 2.24) is 5.32 Å². The summed E-state index contributed by atoms with van der Waals surface area (Å²) in [7, 11) is 1.75. The highest BCUT2D eigenvalue weighted by molar-refractivity contribution is 6.31. The topological polar surface area (TPSA) is 93.8 Å². The lowest BCUT2D eigenvalue weighted by Crippen LogP contribution is -2.38. The number of benzene rings is 3. The fourth-order valence-corrected chi connectivity index (χ4v) is 4.46. The molecule has 214 valence electrons. The van der Waals surface area contributed by atoms with Crippen molar-refractivity contribution in [3.63, 3.8) is 0 Å². The molecule has 3 N–H and O–H groups in total. The van der Waals surface area contributed by atoms with E-state index in [0.717, 1.165) is 28.0 Å². The van der Waals surface area contributed by atoms with Crippen LogP contribution in [0.15, 0.2) is 89.6 Å². The molecule has 0 aliphatic carbocycles. The highest BCUT2D eigenvalue weighted by Crippen LogP contribution is 2.28. The number of nitrogens with one attached hydrogen (secondary N) is 1. The van der Waals surface area contributed by atoms with Crippen LogP contribution in [0.2, 0.25) is 5.02 Å². The van der Waals surface area contributed by atoms with E-state index in [1.807, 2.05) is 94.4 Å². The van der Waals surface area contributed by atoms with Gasteiger partial charge in [-0.3, -0.25) is 9.79 Å². The molecule has 1 amide bonds. The standard InChI is InChI=1S/C34H38ClN3O3/c1-21(2)33(36)34(40)41-30-18-22(3)12-17-28(30)23(4)19-31(39)38-24(5)32(26-13-15-27(35)16-14-26)29(37-6)20-25-10-8-7-9-11-25/h7-19,21,33H,20,36H2,1-6H3,(H,38,39)/b23-19+,32-24+,37-29?/t33-/m0/s1. The Balaban J connectivity index is 1.95. The van der Waals surface area contributed by atoms with Gasteiger partial charge >= 0.3 is 5.97 Å². The van der Waals surface area contributed by atoms with E-state index >= 15 is 0 Å². The number of rotatable bonds is 10. The van der Waals surface area contributed by atoms with Crippen LogP contribution in [0.1, 0.15) is 49.9 Å². The summed E-state index contributed by atoms with van der Waals surface area (Å²) in [5.41, 5.74) is 12.5. The van der Waals surface area contributed by atoms with Crippen LogP contribution in [0.25, 0.3) is 11.1 Å². The van der Waals surface area contributed by atoms with Gasteiger partial charge in [-0.15, -0.1) is 0 Å². The predicted octanol–water partition coefficient (Wildman–Crippen LogP) is 6.80. The van der Waals surface area contributed by atoms with Gasteiger partial charge in [0.25, 0.3) is 0 Å². The molecule has 7 heteroatoms. The molecule has 0 fully saturated rings. The molecule has 0 saturated heterocycles. The maximum absolute atomic E-state index is 13.3. The van der Waals surface area contributed by atoms with Crippen LogP contribution in [0.3, 0.4) is 0 Å². The van der Waals surface area contributed by atoms with Crippen LogP contribution in [0.5, 0.6) is 5.75 Å². The fourth-order valence-electron chi connectivity index (χ4n) is 4.33. The monoisotopic (exact) mass is 571 g/mol. The number of hydrogen-bond donors (Lipinski definition) is 2. The first kappa shape index (κ1) is 31.5. The predicted molar refractivity (Wildman–Crippen MR) is 169 cm³/mol. The maximum atomic E-state index is 13.3. The van der Waals surface area contributed by atoms with Gasteiger partial charge in [0.05, 0.1) is 0 Å². The second-order valence-electron chi connectivity index (χ2n) is 10.3. The smallest absolute Gasteiger partial charge is 0.328 e. The number of carbonyl (C=O) groups excluding carboxylic acids is 2. The molecule has 0 bridgehead atoms. The summed E-state index contributed by atoms with van der Waals surface area (Å²) < 4.78 is 5.67. The summed E-state index contributed by atoms with van der Waals surface area (Å²) in [6.07, 6.45) is 2.08. The second-order valence-corrected chi connectivity index (χ2v) is 10.8. The Kier molecular flexibility index (Phi) is 11.2. The third kappa shape index (κ3) is 8.74. The van der Waals surface area contributed by atoms with Crippen molar-refractivity contribution in [3.05, 3.63) is 112 Å². The number of nitrogens with zero attached hydrogens (tertiary/aromatic N) is 1. The van der Waals surface area contributed by atoms with Crippen LogP contribution in [0.4, 0.5) is 0 Å². The van der Waals surface area contributed by atoms with Crippen molar-refractivity contribution in [2.45, 2.75) is 47.1 Å². The number of nitrogens with two attached hydrogens (primary N) is 1. The average molecular weight is 572 g/mol. The molecule has 3 rings (SSSR count).